The maximum Gasteiger partial charge on any atom is 0.317 e. The Labute approximate surface area is 162 Å². The second kappa shape index (κ2) is 10.3. The van der Waals surface area contributed by atoms with Crippen molar-refractivity contribution < 1.29 is 19.4 Å². The largest absolute Gasteiger partial charge is 0.483 e. The van der Waals surface area contributed by atoms with E-state index >= 15 is 0 Å². The number of nitrogens with zero attached hydrogens (tertiary/aromatic N) is 2. The summed E-state index contributed by atoms with van der Waals surface area (Å²) in [6.45, 7) is 5.72. The normalized spacial score (nSPS) is 18.8. The van der Waals surface area contributed by atoms with Crippen LogP contribution < -0.4 is 4.74 Å². The molecule has 2 atom stereocenters. The van der Waals surface area contributed by atoms with Crippen LogP contribution in [0.4, 0.5) is 0 Å². The molecule has 0 saturated carbocycles. The SMILES string of the molecule is CCC(C)c1ccccc1OCC(=O)N1CCCC(N(C)CC(=O)O)CC1. The zero-order valence-electron chi connectivity index (χ0n) is 16.7. The maximum absolute atomic E-state index is 12.6. The highest BCUT2D eigenvalue weighted by Crippen LogP contribution is 2.28. The van der Waals surface area contributed by atoms with Crippen LogP contribution in [0.15, 0.2) is 24.3 Å². The van der Waals surface area contributed by atoms with Gasteiger partial charge in [-0.25, -0.2) is 0 Å². The molecule has 0 aromatic heterocycles. The van der Waals surface area contributed by atoms with Crippen LogP contribution in [0.5, 0.6) is 5.75 Å². The van der Waals surface area contributed by atoms with Crippen LogP contribution in [-0.4, -0.2) is 66.1 Å². The molecular weight excluding hydrogens is 344 g/mol. The van der Waals surface area contributed by atoms with E-state index in [1.165, 1.54) is 0 Å². The Hall–Kier alpha value is -2.08. The summed E-state index contributed by atoms with van der Waals surface area (Å²) < 4.78 is 5.86. The number of carbonyl (C=O) groups is 2. The Kier molecular flexibility index (Phi) is 8.10. The molecular formula is C21H32N2O4. The minimum absolute atomic E-state index is 0.00417. The van der Waals surface area contributed by atoms with Crippen molar-refractivity contribution in [2.24, 2.45) is 0 Å². The monoisotopic (exact) mass is 376 g/mol. The van der Waals surface area contributed by atoms with E-state index in [0.29, 0.717) is 19.0 Å². The van der Waals surface area contributed by atoms with Gasteiger partial charge in [0.25, 0.3) is 5.91 Å². The van der Waals surface area contributed by atoms with Gasteiger partial charge in [0.2, 0.25) is 0 Å². The molecule has 0 aliphatic carbocycles. The third-order valence-corrected chi connectivity index (χ3v) is 5.47. The van der Waals surface area contributed by atoms with Crippen molar-refractivity contribution in [3.05, 3.63) is 29.8 Å². The third-order valence-electron chi connectivity index (χ3n) is 5.47. The van der Waals surface area contributed by atoms with Crippen molar-refractivity contribution in [1.82, 2.24) is 9.80 Å². The van der Waals surface area contributed by atoms with E-state index in [1.807, 2.05) is 35.0 Å². The number of amides is 1. The molecule has 150 valence electrons. The summed E-state index contributed by atoms with van der Waals surface area (Å²) in [5, 5.41) is 8.96. The molecule has 1 saturated heterocycles. The molecule has 27 heavy (non-hydrogen) atoms. The lowest BCUT2D eigenvalue weighted by molar-refractivity contribution is -0.138. The van der Waals surface area contributed by atoms with E-state index in [2.05, 4.69) is 19.9 Å². The molecule has 1 aromatic rings. The fourth-order valence-electron chi connectivity index (χ4n) is 3.58. The number of likely N-dealkylation sites (tertiary alicyclic amines) is 1. The Bertz CT molecular complexity index is 634. The number of hydrogen-bond donors (Lipinski definition) is 1. The second-order valence-electron chi connectivity index (χ2n) is 7.41. The van der Waals surface area contributed by atoms with E-state index in [-0.39, 0.29) is 25.1 Å². The topological polar surface area (TPSA) is 70.1 Å². The highest BCUT2D eigenvalue weighted by atomic mass is 16.5. The Morgan fingerprint density at radius 3 is 2.74 bits per heavy atom. The molecule has 2 rings (SSSR count). The summed E-state index contributed by atoms with van der Waals surface area (Å²) in [5.41, 5.74) is 1.14. The molecule has 1 fully saturated rings. The van der Waals surface area contributed by atoms with Gasteiger partial charge in [0, 0.05) is 19.1 Å². The summed E-state index contributed by atoms with van der Waals surface area (Å²) in [5.74, 6) is 0.354. The van der Waals surface area contributed by atoms with Gasteiger partial charge in [-0.1, -0.05) is 32.0 Å². The number of rotatable bonds is 8. The summed E-state index contributed by atoms with van der Waals surface area (Å²) in [7, 11) is 1.84. The Morgan fingerprint density at radius 1 is 1.30 bits per heavy atom. The third kappa shape index (κ3) is 6.24. The van der Waals surface area contributed by atoms with Gasteiger partial charge in [0.05, 0.1) is 6.54 Å². The lowest BCUT2D eigenvalue weighted by Crippen LogP contribution is -2.38. The minimum atomic E-state index is -0.817. The lowest BCUT2D eigenvalue weighted by Gasteiger charge is -2.25. The number of para-hydroxylation sites is 1. The van der Waals surface area contributed by atoms with Gasteiger partial charge < -0.3 is 14.7 Å². The van der Waals surface area contributed by atoms with E-state index in [0.717, 1.165) is 37.0 Å². The van der Waals surface area contributed by atoms with Crippen molar-refractivity contribution in [3.8, 4) is 5.75 Å². The molecule has 1 amide bonds. The maximum atomic E-state index is 12.6. The number of likely N-dealkylation sites (N-methyl/N-ethyl adjacent to an activating group) is 1. The number of aliphatic carboxylic acids is 1. The zero-order chi connectivity index (χ0) is 19.8. The molecule has 6 nitrogen and oxygen atoms in total. The van der Waals surface area contributed by atoms with Gasteiger partial charge in [-0.15, -0.1) is 0 Å². The van der Waals surface area contributed by atoms with Crippen molar-refractivity contribution in [2.75, 3.05) is 33.3 Å². The average Bonchev–Trinajstić information content (AvgIpc) is 2.91. The Balaban J connectivity index is 1.89. The van der Waals surface area contributed by atoms with Crippen molar-refractivity contribution in [2.45, 2.75) is 51.5 Å². The van der Waals surface area contributed by atoms with Crippen LogP contribution in [0, 0.1) is 0 Å². The Morgan fingerprint density at radius 2 is 2.04 bits per heavy atom. The number of benzene rings is 1. The van der Waals surface area contributed by atoms with Gasteiger partial charge in [0.1, 0.15) is 5.75 Å². The summed E-state index contributed by atoms with van der Waals surface area (Å²) in [4.78, 5) is 27.2. The first-order chi connectivity index (χ1) is 12.9. The molecule has 1 aromatic carbocycles. The number of carbonyl (C=O) groups excluding carboxylic acids is 1. The van der Waals surface area contributed by atoms with Crippen LogP contribution in [0.2, 0.25) is 0 Å². The molecule has 0 radical (unpaired) electrons. The first kappa shape index (κ1) is 21.2. The van der Waals surface area contributed by atoms with Crippen LogP contribution in [-0.2, 0) is 9.59 Å². The minimum Gasteiger partial charge on any atom is -0.483 e. The predicted molar refractivity (Wildman–Crippen MR) is 105 cm³/mol. The smallest absolute Gasteiger partial charge is 0.317 e. The second-order valence-corrected chi connectivity index (χ2v) is 7.41. The molecule has 1 aliphatic heterocycles. The number of carboxylic acids is 1. The zero-order valence-corrected chi connectivity index (χ0v) is 16.7. The molecule has 1 aliphatic rings. The van der Waals surface area contributed by atoms with Crippen LogP contribution in [0.1, 0.15) is 51.0 Å². The predicted octanol–water partition coefficient (Wildman–Crippen LogP) is 2.98. The van der Waals surface area contributed by atoms with Crippen molar-refractivity contribution >= 4 is 11.9 Å². The van der Waals surface area contributed by atoms with E-state index in [1.54, 1.807) is 0 Å². The molecule has 0 spiro atoms. The fourth-order valence-corrected chi connectivity index (χ4v) is 3.58. The first-order valence-electron chi connectivity index (χ1n) is 9.83. The van der Waals surface area contributed by atoms with E-state index in [4.69, 9.17) is 9.84 Å². The van der Waals surface area contributed by atoms with Crippen LogP contribution in [0.3, 0.4) is 0 Å². The number of carboxylic acid groups (broad SMARTS) is 1. The van der Waals surface area contributed by atoms with Crippen LogP contribution >= 0.6 is 0 Å². The summed E-state index contributed by atoms with van der Waals surface area (Å²) >= 11 is 0. The fraction of sp³-hybridized carbons (Fsp3) is 0.619. The van der Waals surface area contributed by atoms with Gasteiger partial charge in [0.15, 0.2) is 6.61 Å². The van der Waals surface area contributed by atoms with E-state index < -0.39 is 5.97 Å². The van der Waals surface area contributed by atoms with Gasteiger partial charge in [-0.05, 0) is 50.3 Å². The summed E-state index contributed by atoms with van der Waals surface area (Å²) in [6.07, 6.45) is 3.60. The van der Waals surface area contributed by atoms with Gasteiger partial charge in [-0.3, -0.25) is 14.5 Å². The van der Waals surface area contributed by atoms with Gasteiger partial charge in [-0.2, -0.15) is 0 Å². The first-order valence-corrected chi connectivity index (χ1v) is 9.83. The quantitative estimate of drug-likeness (QED) is 0.755. The number of hydrogen-bond acceptors (Lipinski definition) is 4. The molecule has 0 bridgehead atoms. The summed E-state index contributed by atoms with van der Waals surface area (Å²) in [6, 6.07) is 8.11. The number of ether oxygens (including phenoxy) is 1. The standard InChI is InChI=1S/C21H32N2O4/c1-4-16(2)18-9-5-6-10-19(18)27-15-20(24)23-12-7-8-17(11-13-23)22(3)14-21(25)26/h5-6,9-10,16-17H,4,7-8,11-15H2,1-3H3,(H,25,26). The van der Waals surface area contributed by atoms with Crippen LogP contribution in [0.25, 0.3) is 0 Å². The average molecular weight is 376 g/mol. The van der Waals surface area contributed by atoms with Gasteiger partial charge >= 0.3 is 5.97 Å². The van der Waals surface area contributed by atoms with Crippen molar-refractivity contribution in [3.63, 3.8) is 0 Å². The van der Waals surface area contributed by atoms with Crippen molar-refractivity contribution in [1.29, 1.82) is 0 Å². The molecule has 6 heteroatoms. The molecule has 2 unspecified atom stereocenters. The molecule has 1 N–H and O–H groups in total. The van der Waals surface area contributed by atoms with E-state index in [9.17, 15) is 9.59 Å². The highest BCUT2D eigenvalue weighted by molar-refractivity contribution is 5.77. The highest BCUT2D eigenvalue weighted by Gasteiger charge is 2.24. The molecule has 1 heterocycles. The lowest BCUT2D eigenvalue weighted by atomic mass is 9.98.